The molecule has 0 radical (unpaired) electrons. The van der Waals surface area contributed by atoms with E-state index in [1.165, 1.54) is 17.3 Å². The summed E-state index contributed by atoms with van der Waals surface area (Å²) in [6.45, 7) is 3.85. The number of hydrogen-bond acceptors (Lipinski definition) is 5. The lowest BCUT2D eigenvalue weighted by molar-refractivity contribution is 0.505. The predicted octanol–water partition coefficient (Wildman–Crippen LogP) is 3.25. The van der Waals surface area contributed by atoms with Crippen LogP contribution in [0.1, 0.15) is 29.9 Å². The Balaban J connectivity index is 1.68. The second kappa shape index (κ2) is 6.51. The Bertz CT molecular complexity index is 812. The molecule has 1 aromatic heterocycles. The molecule has 1 fully saturated rings. The Kier molecular flexibility index (Phi) is 4.78. The molecular weight excluding hydrogens is 398 g/mol. The van der Waals surface area contributed by atoms with Crippen molar-refractivity contribution in [2.45, 2.75) is 29.9 Å². The van der Waals surface area contributed by atoms with E-state index in [9.17, 15) is 8.42 Å². The molecule has 0 bridgehead atoms. The molecule has 1 aromatic carbocycles. The summed E-state index contributed by atoms with van der Waals surface area (Å²) in [4.78, 5) is 6.35. The minimum Gasteiger partial charge on any atom is -0.348 e. The highest BCUT2D eigenvalue weighted by atomic mass is 79.9. The van der Waals surface area contributed by atoms with Gasteiger partial charge in [0.15, 0.2) is 9.34 Å². The zero-order chi connectivity index (χ0) is 16.6. The fourth-order valence-electron chi connectivity index (χ4n) is 2.85. The van der Waals surface area contributed by atoms with Gasteiger partial charge in [-0.1, -0.05) is 39.4 Å². The third kappa shape index (κ3) is 3.76. The molecule has 2 N–H and O–H groups in total. The fraction of sp³-hybridized carbons (Fsp3) is 0.400. The molecule has 23 heavy (non-hydrogen) atoms. The Morgan fingerprint density at radius 3 is 2.61 bits per heavy atom. The number of halogens is 1. The van der Waals surface area contributed by atoms with E-state index >= 15 is 0 Å². The molecule has 0 atom stereocenters. The van der Waals surface area contributed by atoms with Crippen LogP contribution < -0.4 is 10.0 Å². The van der Waals surface area contributed by atoms with Crippen LogP contribution in [-0.2, 0) is 10.0 Å². The number of thiazole rings is 1. The molecular formula is C15H18BrN3O2S2. The number of anilines is 1. The molecule has 1 aliphatic heterocycles. The monoisotopic (exact) mass is 415 g/mol. The van der Waals surface area contributed by atoms with Crippen LogP contribution in [0, 0.1) is 6.92 Å². The molecule has 124 valence electrons. The Morgan fingerprint density at radius 2 is 2.04 bits per heavy atom. The smallest absolute Gasteiger partial charge is 0.249 e. The first-order chi connectivity index (χ1) is 10.8. The second-order valence-corrected chi connectivity index (χ2v) is 9.43. The maximum Gasteiger partial charge on any atom is 0.249 e. The highest BCUT2D eigenvalue weighted by Gasteiger charge is 2.24. The number of nitrogens with zero attached hydrogens (tertiary/aromatic N) is 2. The topological polar surface area (TPSA) is 76.3 Å². The van der Waals surface area contributed by atoms with Gasteiger partial charge >= 0.3 is 0 Å². The predicted molar refractivity (Wildman–Crippen MR) is 96.6 cm³/mol. The number of rotatable bonds is 3. The standard InChI is InChI=1S/C15H18BrN3O2S2/c1-10-8-12(2-3-13(10)16)11-4-6-19(7-5-11)15-18-9-14(22-15)23(17,20)21/h2-3,8-9,11H,4-7H2,1H3,(H2,17,20,21). The maximum absolute atomic E-state index is 11.4. The van der Waals surface area contributed by atoms with E-state index in [0.29, 0.717) is 5.92 Å². The van der Waals surface area contributed by atoms with Crippen LogP contribution in [0.4, 0.5) is 5.13 Å². The van der Waals surface area contributed by atoms with Crippen molar-refractivity contribution in [2.24, 2.45) is 5.14 Å². The van der Waals surface area contributed by atoms with Crippen molar-refractivity contribution >= 4 is 42.4 Å². The van der Waals surface area contributed by atoms with Crippen LogP contribution in [0.15, 0.2) is 33.1 Å². The van der Waals surface area contributed by atoms with E-state index in [1.807, 2.05) is 0 Å². The Morgan fingerprint density at radius 1 is 1.35 bits per heavy atom. The molecule has 0 unspecified atom stereocenters. The minimum atomic E-state index is -3.66. The average molecular weight is 416 g/mol. The van der Waals surface area contributed by atoms with Crippen LogP contribution in [0.5, 0.6) is 0 Å². The number of sulfonamides is 1. The van der Waals surface area contributed by atoms with Crippen LogP contribution in [0.2, 0.25) is 0 Å². The minimum absolute atomic E-state index is 0.123. The zero-order valence-electron chi connectivity index (χ0n) is 12.7. The molecule has 0 aliphatic carbocycles. The van der Waals surface area contributed by atoms with Crippen LogP contribution in [0.25, 0.3) is 0 Å². The number of primary sulfonamides is 1. The molecule has 5 nitrogen and oxygen atoms in total. The largest absolute Gasteiger partial charge is 0.348 e. The summed E-state index contributed by atoms with van der Waals surface area (Å²) >= 11 is 4.68. The van der Waals surface area contributed by atoms with Gasteiger partial charge in [-0.15, -0.1) is 0 Å². The highest BCUT2D eigenvalue weighted by molar-refractivity contribution is 9.10. The molecule has 8 heteroatoms. The van der Waals surface area contributed by atoms with Gasteiger partial charge in [-0.2, -0.15) is 0 Å². The first kappa shape index (κ1) is 16.9. The summed E-state index contributed by atoms with van der Waals surface area (Å²) in [5.74, 6) is 0.538. The van der Waals surface area contributed by atoms with E-state index in [2.05, 4.69) is 50.9 Å². The van der Waals surface area contributed by atoms with E-state index in [4.69, 9.17) is 5.14 Å². The van der Waals surface area contributed by atoms with Gasteiger partial charge < -0.3 is 4.90 Å². The van der Waals surface area contributed by atoms with Crippen molar-refractivity contribution in [3.63, 3.8) is 0 Å². The average Bonchev–Trinajstić information content (AvgIpc) is 3.00. The van der Waals surface area contributed by atoms with Gasteiger partial charge in [0.1, 0.15) is 0 Å². The molecule has 2 aromatic rings. The van der Waals surface area contributed by atoms with Crippen molar-refractivity contribution in [1.29, 1.82) is 0 Å². The van der Waals surface area contributed by atoms with Crippen molar-refractivity contribution in [3.05, 3.63) is 40.0 Å². The summed E-state index contributed by atoms with van der Waals surface area (Å²) in [6.07, 6.45) is 3.41. The first-order valence-corrected chi connectivity index (χ1v) is 10.5. The third-order valence-corrected chi connectivity index (χ3v) is 7.53. The lowest BCUT2D eigenvalue weighted by atomic mass is 9.89. The van der Waals surface area contributed by atoms with Crippen LogP contribution >= 0.6 is 27.3 Å². The first-order valence-electron chi connectivity index (χ1n) is 7.34. The second-order valence-electron chi connectivity index (χ2n) is 5.78. The van der Waals surface area contributed by atoms with E-state index in [-0.39, 0.29) is 4.21 Å². The van der Waals surface area contributed by atoms with E-state index in [0.717, 1.165) is 46.9 Å². The van der Waals surface area contributed by atoms with Gasteiger partial charge in [-0.25, -0.2) is 18.5 Å². The summed E-state index contributed by atoms with van der Waals surface area (Å²) in [7, 11) is -3.66. The van der Waals surface area contributed by atoms with E-state index in [1.54, 1.807) is 0 Å². The van der Waals surface area contributed by atoms with Crippen molar-refractivity contribution < 1.29 is 8.42 Å². The number of aryl methyl sites for hydroxylation is 1. The molecule has 3 rings (SSSR count). The van der Waals surface area contributed by atoms with Gasteiger partial charge in [-0.05, 0) is 42.9 Å². The summed E-state index contributed by atoms with van der Waals surface area (Å²) in [5, 5.41) is 5.88. The molecule has 1 saturated heterocycles. The molecule has 1 aliphatic rings. The Hall–Kier alpha value is -0.960. The van der Waals surface area contributed by atoms with Crippen molar-refractivity contribution in [2.75, 3.05) is 18.0 Å². The maximum atomic E-state index is 11.4. The third-order valence-electron chi connectivity index (χ3n) is 4.17. The Labute approximate surface area is 148 Å². The van der Waals surface area contributed by atoms with Crippen molar-refractivity contribution in [1.82, 2.24) is 4.98 Å². The highest BCUT2D eigenvalue weighted by Crippen LogP contribution is 2.34. The van der Waals surface area contributed by atoms with E-state index < -0.39 is 10.0 Å². The quantitative estimate of drug-likeness (QED) is 0.834. The zero-order valence-corrected chi connectivity index (χ0v) is 15.9. The lowest BCUT2D eigenvalue weighted by Crippen LogP contribution is -2.32. The number of nitrogens with two attached hydrogens (primary N) is 1. The fourth-order valence-corrected chi connectivity index (χ4v) is 4.69. The summed E-state index contributed by atoms with van der Waals surface area (Å²) in [6, 6.07) is 6.53. The lowest BCUT2D eigenvalue weighted by Gasteiger charge is -2.32. The van der Waals surface area contributed by atoms with Gasteiger partial charge in [0.25, 0.3) is 0 Å². The number of benzene rings is 1. The summed E-state index contributed by atoms with van der Waals surface area (Å²) in [5.41, 5.74) is 2.62. The number of piperidine rings is 1. The molecule has 0 saturated carbocycles. The normalized spacial score (nSPS) is 16.7. The van der Waals surface area contributed by atoms with Crippen LogP contribution in [-0.4, -0.2) is 26.5 Å². The van der Waals surface area contributed by atoms with Crippen molar-refractivity contribution in [3.8, 4) is 0 Å². The number of hydrogen-bond donors (Lipinski definition) is 1. The van der Waals surface area contributed by atoms with Gasteiger partial charge in [0.2, 0.25) is 10.0 Å². The number of aromatic nitrogens is 1. The summed E-state index contributed by atoms with van der Waals surface area (Å²) < 4.78 is 24.0. The van der Waals surface area contributed by atoms with Crippen LogP contribution in [0.3, 0.4) is 0 Å². The molecule has 0 amide bonds. The van der Waals surface area contributed by atoms with Gasteiger partial charge in [-0.3, -0.25) is 0 Å². The molecule has 0 spiro atoms. The van der Waals surface area contributed by atoms with Gasteiger partial charge in [0.05, 0.1) is 6.20 Å². The van der Waals surface area contributed by atoms with Gasteiger partial charge in [0, 0.05) is 17.6 Å². The molecule has 2 heterocycles. The SMILES string of the molecule is Cc1cc(C2CCN(c3ncc(S(N)(=O)=O)s3)CC2)ccc1Br.